The summed E-state index contributed by atoms with van der Waals surface area (Å²) in [6.45, 7) is 3.13. The van der Waals surface area contributed by atoms with Crippen LogP contribution in [0, 0.1) is 5.82 Å². The van der Waals surface area contributed by atoms with Gasteiger partial charge in [-0.15, -0.1) is 0 Å². The van der Waals surface area contributed by atoms with Crippen LogP contribution in [0.1, 0.15) is 28.4 Å². The molecule has 1 fully saturated rings. The highest BCUT2D eigenvalue weighted by molar-refractivity contribution is 6.05. The lowest BCUT2D eigenvalue weighted by atomic mass is 9.98. The Morgan fingerprint density at radius 2 is 1.55 bits per heavy atom. The summed E-state index contributed by atoms with van der Waals surface area (Å²) in [6, 6.07) is 26.1. The lowest BCUT2D eigenvalue weighted by molar-refractivity contribution is -0.0868. The van der Waals surface area contributed by atoms with Gasteiger partial charge in [-0.3, -0.25) is 4.79 Å². The van der Waals surface area contributed by atoms with Gasteiger partial charge in [0.15, 0.2) is 11.6 Å². The highest BCUT2D eigenvalue weighted by Gasteiger charge is 2.40. The van der Waals surface area contributed by atoms with Crippen molar-refractivity contribution in [2.45, 2.75) is 25.7 Å². The van der Waals surface area contributed by atoms with E-state index in [2.05, 4.69) is 0 Å². The third kappa shape index (κ3) is 5.35. The van der Waals surface area contributed by atoms with Gasteiger partial charge in [-0.2, -0.15) is 0 Å². The first kappa shape index (κ1) is 29.2. The highest BCUT2D eigenvalue weighted by atomic mass is 19.1. The maximum atomic E-state index is 16.9. The van der Waals surface area contributed by atoms with Crippen molar-refractivity contribution >= 4 is 16.9 Å². The highest BCUT2D eigenvalue weighted by Crippen LogP contribution is 2.47. The second-order valence-electron chi connectivity index (χ2n) is 11.3. The van der Waals surface area contributed by atoms with Crippen molar-refractivity contribution in [2.24, 2.45) is 0 Å². The topological polar surface area (TPSA) is 75.1 Å². The van der Waals surface area contributed by atoms with Gasteiger partial charge in [0.05, 0.1) is 42.5 Å². The van der Waals surface area contributed by atoms with Crippen LogP contribution in [0.15, 0.2) is 84.9 Å². The van der Waals surface area contributed by atoms with E-state index in [-0.39, 0.29) is 36.2 Å². The SMILES string of the molecule is COc1cc(-c2nc3c(C(=O)N(C)C)cccc3n2C2(C)COC2)c(F)c(OCc2ccccc2)c1OCc1ccccc1. The molecule has 1 aliphatic heterocycles. The third-order valence-electron chi connectivity index (χ3n) is 7.74. The van der Waals surface area contributed by atoms with E-state index in [4.69, 9.17) is 23.9 Å². The van der Waals surface area contributed by atoms with Crippen LogP contribution in [0.25, 0.3) is 22.4 Å². The van der Waals surface area contributed by atoms with Gasteiger partial charge in [0.2, 0.25) is 11.5 Å². The summed E-state index contributed by atoms with van der Waals surface area (Å²) >= 11 is 0. The fourth-order valence-corrected chi connectivity index (χ4v) is 5.40. The molecule has 5 aromatic rings. The molecular weight excluding hydrogens is 561 g/mol. The normalized spacial score (nSPS) is 13.8. The summed E-state index contributed by atoms with van der Waals surface area (Å²) < 4.78 is 42.7. The molecule has 0 saturated carbocycles. The van der Waals surface area contributed by atoms with Gasteiger partial charge in [-0.05, 0) is 36.2 Å². The number of hydrogen-bond acceptors (Lipinski definition) is 6. The van der Waals surface area contributed by atoms with Gasteiger partial charge < -0.3 is 28.4 Å². The standard InChI is InChI=1S/C35H34FN3O5/c1-35(21-42-22-35)39-27-17-11-16-25(34(40)38(2)3)30(27)37-33(39)26-18-28(41-4)31(43-19-23-12-7-5-8-13-23)32(29(26)36)44-20-24-14-9-6-10-15-24/h5-18H,19-22H2,1-4H3. The minimum Gasteiger partial charge on any atom is -0.493 e. The smallest absolute Gasteiger partial charge is 0.255 e. The second kappa shape index (κ2) is 12.0. The zero-order chi connectivity index (χ0) is 30.8. The number of fused-ring (bicyclic) bond motifs is 1. The molecule has 8 nitrogen and oxygen atoms in total. The van der Waals surface area contributed by atoms with Crippen LogP contribution in [0.2, 0.25) is 0 Å². The van der Waals surface area contributed by atoms with E-state index in [1.54, 1.807) is 26.2 Å². The minimum absolute atomic E-state index is 0.0858. The molecule has 1 aliphatic rings. The van der Waals surface area contributed by atoms with E-state index in [1.807, 2.05) is 84.3 Å². The Balaban J connectivity index is 1.54. The molecule has 226 valence electrons. The number of nitrogens with zero attached hydrogens (tertiary/aromatic N) is 3. The lowest BCUT2D eigenvalue weighted by Gasteiger charge is -2.40. The Labute approximate surface area is 255 Å². The van der Waals surface area contributed by atoms with Crippen LogP contribution in [0.4, 0.5) is 4.39 Å². The number of benzene rings is 4. The predicted molar refractivity (Wildman–Crippen MR) is 166 cm³/mol. The summed E-state index contributed by atoms with van der Waals surface area (Å²) in [4.78, 5) is 19.6. The minimum atomic E-state index is -0.648. The molecule has 9 heteroatoms. The first-order valence-corrected chi connectivity index (χ1v) is 14.4. The second-order valence-corrected chi connectivity index (χ2v) is 11.3. The van der Waals surface area contributed by atoms with Gasteiger partial charge in [0.25, 0.3) is 5.91 Å². The number of halogens is 1. The Morgan fingerprint density at radius 3 is 2.09 bits per heavy atom. The van der Waals surface area contributed by atoms with Gasteiger partial charge in [-0.1, -0.05) is 66.7 Å². The summed E-state index contributed by atoms with van der Waals surface area (Å²) in [7, 11) is 4.88. The van der Waals surface area contributed by atoms with Crippen molar-refractivity contribution < 1.29 is 28.1 Å². The monoisotopic (exact) mass is 595 g/mol. The van der Waals surface area contributed by atoms with E-state index in [0.29, 0.717) is 41.4 Å². The summed E-state index contributed by atoms with van der Waals surface area (Å²) in [5, 5.41) is 0. The number of imidazole rings is 1. The molecule has 0 atom stereocenters. The first-order valence-electron chi connectivity index (χ1n) is 14.4. The maximum absolute atomic E-state index is 16.9. The average Bonchev–Trinajstić information content (AvgIpc) is 3.42. The largest absolute Gasteiger partial charge is 0.493 e. The number of carbonyl (C=O) groups is 1. The Morgan fingerprint density at radius 1 is 0.932 bits per heavy atom. The molecule has 4 aromatic carbocycles. The molecule has 6 rings (SSSR count). The summed E-state index contributed by atoms with van der Waals surface area (Å²) in [5.41, 5.74) is 3.01. The van der Waals surface area contributed by atoms with Crippen molar-refractivity contribution in [1.29, 1.82) is 0 Å². The Hall–Kier alpha value is -4.89. The molecule has 0 aliphatic carbocycles. The van der Waals surface area contributed by atoms with Crippen LogP contribution in [0.5, 0.6) is 17.2 Å². The zero-order valence-electron chi connectivity index (χ0n) is 25.2. The molecule has 0 N–H and O–H groups in total. The maximum Gasteiger partial charge on any atom is 0.255 e. The average molecular weight is 596 g/mol. The van der Waals surface area contributed by atoms with Crippen LogP contribution in [-0.4, -0.2) is 54.8 Å². The number of rotatable bonds is 10. The predicted octanol–water partition coefficient (Wildman–Crippen LogP) is 6.46. The first-order chi connectivity index (χ1) is 21.3. The van der Waals surface area contributed by atoms with Gasteiger partial charge in [0, 0.05) is 14.1 Å². The molecule has 0 spiro atoms. The number of aromatic nitrogens is 2. The van der Waals surface area contributed by atoms with Gasteiger partial charge in [0.1, 0.15) is 24.6 Å². The molecule has 2 heterocycles. The number of ether oxygens (including phenoxy) is 4. The lowest BCUT2D eigenvalue weighted by Crippen LogP contribution is -2.49. The molecule has 1 amide bonds. The molecule has 0 bridgehead atoms. The van der Waals surface area contributed by atoms with Crippen molar-refractivity contribution in [3.8, 4) is 28.6 Å². The summed E-state index contributed by atoms with van der Waals surface area (Å²) in [5.74, 6) is -0.157. The number of carbonyl (C=O) groups excluding carboxylic acids is 1. The van der Waals surface area contributed by atoms with E-state index in [0.717, 1.165) is 11.1 Å². The van der Waals surface area contributed by atoms with E-state index >= 15 is 4.39 Å². The quantitative estimate of drug-likeness (QED) is 0.185. The molecule has 0 unspecified atom stereocenters. The van der Waals surface area contributed by atoms with E-state index < -0.39 is 11.4 Å². The van der Waals surface area contributed by atoms with Crippen molar-refractivity contribution in [3.63, 3.8) is 0 Å². The van der Waals surface area contributed by atoms with Crippen LogP contribution < -0.4 is 14.2 Å². The molecule has 44 heavy (non-hydrogen) atoms. The number of para-hydroxylation sites is 1. The summed E-state index contributed by atoms with van der Waals surface area (Å²) in [6.07, 6.45) is 0. The van der Waals surface area contributed by atoms with Crippen molar-refractivity contribution in [1.82, 2.24) is 14.5 Å². The zero-order valence-corrected chi connectivity index (χ0v) is 25.2. The van der Waals surface area contributed by atoms with Crippen LogP contribution >= 0.6 is 0 Å². The fraction of sp³-hybridized carbons (Fsp3) is 0.257. The number of methoxy groups -OCH3 is 1. The van der Waals surface area contributed by atoms with Gasteiger partial charge >= 0.3 is 0 Å². The molecule has 1 aromatic heterocycles. The van der Waals surface area contributed by atoms with Crippen molar-refractivity contribution in [3.05, 3.63) is 107 Å². The van der Waals surface area contributed by atoms with Crippen LogP contribution in [0.3, 0.4) is 0 Å². The van der Waals surface area contributed by atoms with E-state index in [1.165, 1.54) is 12.0 Å². The number of amides is 1. The molecule has 1 saturated heterocycles. The van der Waals surface area contributed by atoms with Gasteiger partial charge in [-0.25, -0.2) is 9.37 Å². The third-order valence-corrected chi connectivity index (χ3v) is 7.74. The van der Waals surface area contributed by atoms with Crippen molar-refractivity contribution in [2.75, 3.05) is 34.4 Å². The Bertz CT molecular complexity index is 1800. The molecular formula is C35H34FN3O5. The fourth-order valence-electron chi connectivity index (χ4n) is 5.40. The number of hydrogen-bond donors (Lipinski definition) is 0. The Kier molecular flexibility index (Phi) is 7.97. The van der Waals surface area contributed by atoms with E-state index in [9.17, 15) is 4.79 Å². The van der Waals surface area contributed by atoms with Crippen LogP contribution in [-0.2, 0) is 23.5 Å². The molecule has 0 radical (unpaired) electrons.